The quantitative estimate of drug-likeness (QED) is 0.809. The first kappa shape index (κ1) is 16.5. The van der Waals surface area contributed by atoms with Crippen LogP contribution in [0.25, 0.3) is 0 Å². The van der Waals surface area contributed by atoms with E-state index in [4.69, 9.17) is 15.6 Å². The van der Waals surface area contributed by atoms with Crippen LogP contribution in [-0.4, -0.2) is 42.1 Å². The SMILES string of the molecule is COc1ccc(Br)cc1CN(C)C(=O)C(N)CC(=O)O. The van der Waals surface area contributed by atoms with Crippen molar-refractivity contribution >= 4 is 27.8 Å². The third-order valence-electron chi connectivity index (χ3n) is 2.74. The molecule has 6 nitrogen and oxygen atoms in total. The minimum atomic E-state index is -1.10. The first-order chi connectivity index (χ1) is 9.35. The molecule has 3 N–H and O–H groups in total. The van der Waals surface area contributed by atoms with Crippen molar-refractivity contribution in [2.75, 3.05) is 14.2 Å². The lowest BCUT2D eigenvalue weighted by atomic mass is 10.1. The molecule has 0 heterocycles. The van der Waals surface area contributed by atoms with Gasteiger partial charge >= 0.3 is 5.97 Å². The van der Waals surface area contributed by atoms with E-state index in [0.717, 1.165) is 10.0 Å². The normalized spacial score (nSPS) is 11.8. The molecular formula is C13H17BrN2O4. The lowest BCUT2D eigenvalue weighted by molar-refractivity contribution is -0.141. The number of carboxylic acid groups (broad SMARTS) is 1. The number of nitrogens with zero attached hydrogens (tertiary/aromatic N) is 1. The smallest absolute Gasteiger partial charge is 0.305 e. The minimum absolute atomic E-state index is 0.286. The van der Waals surface area contributed by atoms with Crippen molar-refractivity contribution in [3.05, 3.63) is 28.2 Å². The largest absolute Gasteiger partial charge is 0.496 e. The second-order valence-corrected chi connectivity index (χ2v) is 5.27. The van der Waals surface area contributed by atoms with Crippen LogP contribution in [-0.2, 0) is 16.1 Å². The molecular weight excluding hydrogens is 328 g/mol. The van der Waals surface area contributed by atoms with Crippen LogP contribution in [0.4, 0.5) is 0 Å². The molecule has 1 amide bonds. The number of carbonyl (C=O) groups is 2. The van der Waals surface area contributed by atoms with Gasteiger partial charge in [-0.1, -0.05) is 15.9 Å². The Morgan fingerprint density at radius 3 is 2.70 bits per heavy atom. The van der Waals surface area contributed by atoms with Crippen LogP contribution in [0.15, 0.2) is 22.7 Å². The summed E-state index contributed by atoms with van der Waals surface area (Å²) in [6.07, 6.45) is -0.390. The molecule has 0 saturated carbocycles. The molecule has 1 atom stereocenters. The van der Waals surface area contributed by atoms with Crippen LogP contribution < -0.4 is 10.5 Å². The molecule has 110 valence electrons. The predicted molar refractivity (Wildman–Crippen MR) is 77.4 cm³/mol. The van der Waals surface area contributed by atoms with E-state index in [9.17, 15) is 9.59 Å². The summed E-state index contributed by atoms with van der Waals surface area (Å²) in [6.45, 7) is 0.286. The first-order valence-electron chi connectivity index (χ1n) is 5.90. The van der Waals surface area contributed by atoms with Crippen LogP contribution in [0.1, 0.15) is 12.0 Å². The molecule has 0 aliphatic carbocycles. The van der Waals surface area contributed by atoms with Crippen molar-refractivity contribution in [2.24, 2.45) is 5.73 Å². The van der Waals surface area contributed by atoms with Crippen molar-refractivity contribution in [3.63, 3.8) is 0 Å². The average Bonchev–Trinajstić information content (AvgIpc) is 2.37. The first-order valence-corrected chi connectivity index (χ1v) is 6.69. The molecule has 7 heteroatoms. The van der Waals surface area contributed by atoms with Gasteiger partial charge in [0.15, 0.2) is 0 Å². The highest BCUT2D eigenvalue weighted by molar-refractivity contribution is 9.10. The number of carbonyl (C=O) groups excluding carboxylic acids is 1. The van der Waals surface area contributed by atoms with Gasteiger partial charge < -0.3 is 20.5 Å². The number of likely N-dealkylation sites (N-methyl/N-ethyl adjacent to an activating group) is 1. The minimum Gasteiger partial charge on any atom is -0.496 e. The molecule has 0 aliphatic rings. The summed E-state index contributed by atoms with van der Waals surface area (Å²) >= 11 is 3.35. The van der Waals surface area contributed by atoms with Crippen molar-refractivity contribution in [1.29, 1.82) is 0 Å². The van der Waals surface area contributed by atoms with Crippen LogP contribution in [0.2, 0.25) is 0 Å². The number of halogens is 1. The second kappa shape index (κ2) is 7.25. The van der Waals surface area contributed by atoms with Gasteiger partial charge in [0.1, 0.15) is 5.75 Å². The number of ether oxygens (including phenoxy) is 1. The fraction of sp³-hybridized carbons (Fsp3) is 0.385. The molecule has 1 aromatic carbocycles. The number of methoxy groups -OCH3 is 1. The maximum absolute atomic E-state index is 12.0. The predicted octanol–water partition coefficient (Wildman–Crippen LogP) is 1.22. The van der Waals surface area contributed by atoms with Crippen molar-refractivity contribution in [2.45, 2.75) is 19.0 Å². The molecule has 0 aliphatic heterocycles. The number of nitrogens with two attached hydrogens (primary N) is 1. The highest BCUT2D eigenvalue weighted by atomic mass is 79.9. The molecule has 1 rings (SSSR count). The number of hydrogen-bond donors (Lipinski definition) is 2. The number of carboxylic acids is 1. The van der Waals surface area contributed by atoms with Crippen LogP contribution in [0.5, 0.6) is 5.75 Å². The van der Waals surface area contributed by atoms with Crippen LogP contribution >= 0.6 is 15.9 Å². The fourth-order valence-corrected chi connectivity index (χ4v) is 2.17. The maximum atomic E-state index is 12.0. The zero-order chi connectivity index (χ0) is 15.3. The molecule has 0 fully saturated rings. The van der Waals surface area contributed by atoms with E-state index in [2.05, 4.69) is 15.9 Å². The summed E-state index contributed by atoms with van der Waals surface area (Å²) in [5.74, 6) is -0.867. The van der Waals surface area contributed by atoms with Gasteiger partial charge in [-0.2, -0.15) is 0 Å². The highest BCUT2D eigenvalue weighted by Crippen LogP contribution is 2.24. The number of aliphatic carboxylic acids is 1. The number of amides is 1. The lowest BCUT2D eigenvalue weighted by Gasteiger charge is -2.21. The standard InChI is InChI=1S/C13H17BrN2O4/c1-16(13(19)10(15)6-12(17)18)7-8-5-9(14)3-4-11(8)20-2/h3-5,10H,6-7,15H2,1-2H3,(H,17,18). The Balaban J connectivity index is 2.79. The van der Waals surface area contributed by atoms with E-state index in [0.29, 0.717) is 5.75 Å². The number of hydrogen-bond acceptors (Lipinski definition) is 4. The second-order valence-electron chi connectivity index (χ2n) is 4.35. The average molecular weight is 345 g/mol. The molecule has 0 aromatic heterocycles. The van der Waals surface area contributed by atoms with E-state index < -0.39 is 24.3 Å². The summed E-state index contributed by atoms with van der Waals surface area (Å²) < 4.78 is 6.09. The van der Waals surface area contributed by atoms with E-state index in [-0.39, 0.29) is 6.54 Å². The Bertz CT molecular complexity index is 507. The van der Waals surface area contributed by atoms with Gasteiger partial charge in [0.05, 0.1) is 19.6 Å². The molecule has 1 aromatic rings. The summed E-state index contributed by atoms with van der Waals surface area (Å²) in [6, 6.07) is 4.41. The maximum Gasteiger partial charge on any atom is 0.305 e. The third kappa shape index (κ3) is 4.50. The molecule has 20 heavy (non-hydrogen) atoms. The van der Waals surface area contributed by atoms with Crippen LogP contribution in [0, 0.1) is 0 Å². The van der Waals surface area contributed by atoms with Gasteiger partial charge in [0.2, 0.25) is 5.91 Å². The summed E-state index contributed by atoms with van der Waals surface area (Å²) in [5, 5.41) is 8.65. The van der Waals surface area contributed by atoms with Gasteiger partial charge in [-0.3, -0.25) is 9.59 Å². The molecule has 1 unspecified atom stereocenters. The number of rotatable bonds is 6. The molecule has 0 spiro atoms. The molecule has 0 radical (unpaired) electrons. The fourth-order valence-electron chi connectivity index (χ4n) is 1.76. The zero-order valence-corrected chi connectivity index (χ0v) is 12.9. The van der Waals surface area contributed by atoms with Gasteiger partial charge in [-0.05, 0) is 18.2 Å². The highest BCUT2D eigenvalue weighted by Gasteiger charge is 2.21. The summed E-state index contributed by atoms with van der Waals surface area (Å²) in [4.78, 5) is 23.9. The molecule has 0 bridgehead atoms. The summed E-state index contributed by atoms with van der Waals surface area (Å²) in [7, 11) is 3.12. The Kier molecular flexibility index (Phi) is 5.97. The Morgan fingerprint density at radius 1 is 1.50 bits per heavy atom. The van der Waals surface area contributed by atoms with Crippen molar-refractivity contribution in [3.8, 4) is 5.75 Å². The molecule has 0 saturated heterocycles. The zero-order valence-electron chi connectivity index (χ0n) is 11.3. The van der Waals surface area contributed by atoms with E-state index in [1.807, 2.05) is 12.1 Å². The Labute approximate surface area is 125 Å². The van der Waals surface area contributed by atoms with Gasteiger partial charge in [-0.15, -0.1) is 0 Å². The third-order valence-corrected chi connectivity index (χ3v) is 3.23. The van der Waals surface area contributed by atoms with Gasteiger partial charge in [-0.25, -0.2) is 0 Å². The summed E-state index contributed by atoms with van der Waals surface area (Å²) in [5.41, 5.74) is 6.37. The van der Waals surface area contributed by atoms with Crippen LogP contribution in [0.3, 0.4) is 0 Å². The van der Waals surface area contributed by atoms with Crippen molar-refractivity contribution in [1.82, 2.24) is 4.90 Å². The monoisotopic (exact) mass is 344 g/mol. The van der Waals surface area contributed by atoms with Crippen molar-refractivity contribution < 1.29 is 19.4 Å². The van der Waals surface area contributed by atoms with Gasteiger partial charge in [0.25, 0.3) is 0 Å². The van der Waals surface area contributed by atoms with E-state index in [1.54, 1.807) is 20.2 Å². The Hall–Kier alpha value is -1.60. The van der Waals surface area contributed by atoms with E-state index in [1.165, 1.54) is 4.90 Å². The van der Waals surface area contributed by atoms with Gasteiger partial charge in [0, 0.05) is 23.6 Å². The topological polar surface area (TPSA) is 92.9 Å². The lowest BCUT2D eigenvalue weighted by Crippen LogP contribution is -2.42. The Morgan fingerprint density at radius 2 is 2.15 bits per heavy atom. The number of benzene rings is 1. The van der Waals surface area contributed by atoms with E-state index >= 15 is 0 Å².